The summed E-state index contributed by atoms with van der Waals surface area (Å²) in [5, 5.41) is 12.7. The van der Waals surface area contributed by atoms with Crippen LogP contribution < -0.4 is 5.32 Å². The number of ether oxygens (including phenoxy) is 1. The predicted octanol–water partition coefficient (Wildman–Crippen LogP) is 4.41. The molecule has 0 unspecified atom stereocenters. The number of hydrogen-bond donors (Lipinski definition) is 2. The van der Waals surface area contributed by atoms with Gasteiger partial charge in [-0.05, 0) is 52.8 Å². The fourth-order valence-electron chi connectivity index (χ4n) is 5.93. The Morgan fingerprint density at radius 2 is 1.69 bits per heavy atom. The molecule has 3 aliphatic rings. The molecule has 0 bridgehead atoms. The van der Waals surface area contributed by atoms with E-state index in [2.05, 4.69) is 29.6 Å². The van der Waals surface area contributed by atoms with Gasteiger partial charge in [0, 0.05) is 12.5 Å². The number of carboxylic acid groups (broad SMARTS) is 1. The Bertz CT molecular complexity index is 1140. The van der Waals surface area contributed by atoms with Crippen LogP contribution in [0.15, 0.2) is 48.5 Å². The number of hydrogen-bond acceptors (Lipinski definition) is 4. The van der Waals surface area contributed by atoms with Crippen LogP contribution in [-0.4, -0.2) is 52.7 Å². The minimum atomic E-state index is -1.12. The van der Waals surface area contributed by atoms with E-state index < -0.39 is 29.1 Å². The van der Waals surface area contributed by atoms with Crippen LogP contribution in [0.4, 0.5) is 4.79 Å². The van der Waals surface area contributed by atoms with Gasteiger partial charge in [0.2, 0.25) is 5.91 Å². The topological polar surface area (TPSA) is 95.9 Å². The number of carbonyl (C=O) groups is 3. The maximum Gasteiger partial charge on any atom is 0.407 e. The number of amides is 2. The number of piperidine rings is 1. The van der Waals surface area contributed by atoms with E-state index >= 15 is 0 Å². The van der Waals surface area contributed by atoms with Crippen LogP contribution in [0.3, 0.4) is 0 Å². The zero-order valence-electron chi connectivity index (χ0n) is 20.4. The molecule has 2 aromatic carbocycles. The molecular formula is C28H32N2O5. The molecule has 184 valence electrons. The molecule has 2 N–H and O–H groups in total. The Morgan fingerprint density at radius 3 is 2.26 bits per heavy atom. The molecule has 2 amide bonds. The van der Waals surface area contributed by atoms with Crippen LogP contribution in [0.1, 0.15) is 57.1 Å². The number of likely N-dealkylation sites (tertiary alicyclic amines) is 1. The van der Waals surface area contributed by atoms with Crippen LogP contribution in [0.25, 0.3) is 11.1 Å². The summed E-state index contributed by atoms with van der Waals surface area (Å²) in [6.45, 7) is 6.12. The zero-order valence-corrected chi connectivity index (χ0v) is 20.4. The summed E-state index contributed by atoms with van der Waals surface area (Å²) in [4.78, 5) is 40.1. The second-order valence-electron chi connectivity index (χ2n) is 11.0. The van der Waals surface area contributed by atoms with Gasteiger partial charge in [-0.3, -0.25) is 4.79 Å². The van der Waals surface area contributed by atoms with E-state index in [0.717, 1.165) is 35.1 Å². The first-order chi connectivity index (χ1) is 16.6. The van der Waals surface area contributed by atoms with Crippen LogP contribution >= 0.6 is 0 Å². The van der Waals surface area contributed by atoms with E-state index in [0.29, 0.717) is 13.0 Å². The average Bonchev–Trinajstić information content (AvgIpc) is 3.51. The summed E-state index contributed by atoms with van der Waals surface area (Å²) in [6.07, 6.45) is 1.40. The third-order valence-corrected chi connectivity index (χ3v) is 7.84. The number of benzene rings is 2. The third kappa shape index (κ3) is 3.87. The van der Waals surface area contributed by atoms with Crippen molar-refractivity contribution in [2.24, 2.45) is 11.3 Å². The van der Waals surface area contributed by atoms with Crippen molar-refractivity contribution in [3.05, 3.63) is 59.7 Å². The first kappa shape index (κ1) is 23.4. The maximum atomic E-state index is 13.6. The van der Waals surface area contributed by atoms with E-state index in [1.54, 1.807) is 0 Å². The van der Waals surface area contributed by atoms with Gasteiger partial charge in [-0.1, -0.05) is 69.3 Å². The molecule has 7 nitrogen and oxygen atoms in total. The lowest BCUT2D eigenvalue weighted by Crippen LogP contribution is -2.60. The Morgan fingerprint density at radius 1 is 1.09 bits per heavy atom. The number of nitrogens with one attached hydrogen (secondary N) is 1. The van der Waals surface area contributed by atoms with Crippen molar-refractivity contribution < 1.29 is 24.2 Å². The minimum Gasteiger partial charge on any atom is -0.479 e. The summed E-state index contributed by atoms with van der Waals surface area (Å²) in [6, 6.07) is 15.3. The lowest BCUT2D eigenvalue weighted by atomic mass is 9.85. The van der Waals surface area contributed by atoms with E-state index in [1.807, 2.05) is 45.0 Å². The van der Waals surface area contributed by atoms with Crippen molar-refractivity contribution >= 4 is 18.0 Å². The first-order valence-electron chi connectivity index (χ1n) is 12.3. The van der Waals surface area contributed by atoms with E-state index in [9.17, 15) is 19.5 Å². The van der Waals surface area contributed by atoms with Crippen LogP contribution in [0.5, 0.6) is 0 Å². The molecule has 5 rings (SSSR count). The molecule has 2 aromatic rings. The van der Waals surface area contributed by atoms with Crippen LogP contribution in [-0.2, 0) is 14.3 Å². The van der Waals surface area contributed by atoms with Crippen molar-refractivity contribution in [3.63, 3.8) is 0 Å². The highest BCUT2D eigenvalue weighted by Gasteiger charge is 2.67. The minimum absolute atomic E-state index is 0.00669. The first-order valence-corrected chi connectivity index (χ1v) is 12.3. The molecule has 0 radical (unpaired) electrons. The number of alkyl carbamates (subject to hydrolysis) is 1. The Kier molecular flexibility index (Phi) is 5.61. The van der Waals surface area contributed by atoms with Gasteiger partial charge in [-0.2, -0.15) is 0 Å². The second-order valence-corrected chi connectivity index (χ2v) is 11.0. The Balaban J connectivity index is 1.31. The monoisotopic (exact) mass is 476 g/mol. The highest BCUT2D eigenvalue weighted by atomic mass is 16.5. The number of rotatable bonds is 5. The molecule has 1 aliphatic heterocycles. The summed E-state index contributed by atoms with van der Waals surface area (Å²) < 4.78 is 5.68. The number of nitrogens with zero attached hydrogens (tertiary/aromatic N) is 1. The highest BCUT2D eigenvalue weighted by Crippen LogP contribution is 2.54. The summed E-state index contributed by atoms with van der Waals surface area (Å²) in [5.74, 6) is -1.39. The van der Waals surface area contributed by atoms with E-state index in [-0.39, 0.29) is 24.3 Å². The molecule has 35 heavy (non-hydrogen) atoms. The molecule has 3 atom stereocenters. The fraction of sp³-hybridized carbons (Fsp3) is 0.464. The maximum absolute atomic E-state index is 13.6. The molecule has 7 heteroatoms. The van der Waals surface area contributed by atoms with Crippen molar-refractivity contribution in [2.75, 3.05) is 13.2 Å². The van der Waals surface area contributed by atoms with Gasteiger partial charge >= 0.3 is 12.1 Å². The largest absolute Gasteiger partial charge is 0.479 e. The molecule has 0 spiro atoms. The van der Waals surface area contributed by atoms with Crippen molar-refractivity contribution in [3.8, 4) is 11.1 Å². The standard InChI is InChI=1S/C28H32N2O5/c1-27(2,3)23(24(31)30-14-8-9-17-15-28(17,30)25(32)33)29-26(34)35-16-22-20-12-6-4-10-18(20)19-11-5-7-13-21(19)22/h4-7,10-13,17,22-23H,8-9,14-16H2,1-3H3,(H,29,34)(H,32,33)/t17-,23-,28+/m1/s1. The van der Waals surface area contributed by atoms with Gasteiger partial charge in [0.15, 0.2) is 0 Å². The van der Waals surface area contributed by atoms with Gasteiger partial charge in [0.05, 0.1) is 0 Å². The average molecular weight is 477 g/mol. The van der Waals surface area contributed by atoms with E-state index in [4.69, 9.17) is 4.74 Å². The van der Waals surface area contributed by atoms with Crippen LogP contribution in [0, 0.1) is 11.3 Å². The zero-order chi connectivity index (χ0) is 25.0. The fourth-order valence-corrected chi connectivity index (χ4v) is 5.93. The molecule has 1 saturated heterocycles. The summed E-state index contributed by atoms with van der Waals surface area (Å²) >= 11 is 0. The summed E-state index contributed by atoms with van der Waals surface area (Å²) in [7, 11) is 0. The predicted molar refractivity (Wildman–Crippen MR) is 131 cm³/mol. The summed E-state index contributed by atoms with van der Waals surface area (Å²) in [5.41, 5.74) is 2.76. The van der Waals surface area contributed by atoms with Gasteiger partial charge < -0.3 is 20.1 Å². The molecule has 1 heterocycles. The van der Waals surface area contributed by atoms with Crippen molar-refractivity contribution in [1.29, 1.82) is 0 Å². The van der Waals surface area contributed by atoms with Crippen LogP contribution in [0.2, 0.25) is 0 Å². The van der Waals surface area contributed by atoms with E-state index in [1.165, 1.54) is 4.90 Å². The Labute approximate surface area is 205 Å². The third-order valence-electron chi connectivity index (χ3n) is 7.84. The normalized spacial score (nSPS) is 23.5. The van der Waals surface area contributed by atoms with Gasteiger partial charge in [0.1, 0.15) is 18.2 Å². The van der Waals surface area contributed by atoms with Gasteiger partial charge in [0.25, 0.3) is 0 Å². The van der Waals surface area contributed by atoms with Gasteiger partial charge in [-0.25, -0.2) is 9.59 Å². The molecule has 0 aromatic heterocycles. The SMILES string of the molecule is CC(C)(C)[C@H](NC(=O)OCC1c2ccccc2-c2ccccc21)C(=O)N1CCC[C@@H]2C[C@@]21C(=O)O. The molecule has 2 aliphatic carbocycles. The lowest BCUT2D eigenvalue weighted by molar-refractivity contribution is -0.156. The molecular weight excluding hydrogens is 444 g/mol. The number of aliphatic carboxylic acids is 1. The molecule has 2 fully saturated rings. The number of carbonyl (C=O) groups excluding carboxylic acids is 2. The number of carboxylic acids is 1. The van der Waals surface area contributed by atoms with Gasteiger partial charge in [-0.15, -0.1) is 0 Å². The second kappa shape index (κ2) is 8.40. The smallest absolute Gasteiger partial charge is 0.407 e. The highest BCUT2D eigenvalue weighted by molar-refractivity contribution is 5.94. The lowest BCUT2D eigenvalue weighted by Gasteiger charge is -2.39. The quantitative estimate of drug-likeness (QED) is 0.667. The number of fused-ring (bicyclic) bond motifs is 4. The molecule has 1 saturated carbocycles. The Hall–Kier alpha value is -3.35. The van der Waals surface area contributed by atoms with Crippen molar-refractivity contribution in [2.45, 2.75) is 57.5 Å². The van der Waals surface area contributed by atoms with Crippen molar-refractivity contribution in [1.82, 2.24) is 10.2 Å².